The maximum atomic E-state index is 12.8. The number of amides is 1. The fourth-order valence-electron chi connectivity index (χ4n) is 4.39. The largest absolute Gasteiger partial charge is 0.379 e. The molecule has 0 spiro atoms. The Bertz CT molecular complexity index is 852. The molecule has 1 N–H and O–H groups in total. The summed E-state index contributed by atoms with van der Waals surface area (Å²) in [5.41, 5.74) is 3.57. The molecule has 2 saturated heterocycles. The minimum Gasteiger partial charge on any atom is -0.379 e. The van der Waals surface area contributed by atoms with Crippen LogP contribution >= 0.6 is 11.6 Å². The monoisotopic (exact) mass is 441 g/mol. The summed E-state index contributed by atoms with van der Waals surface area (Å²) in [6.45, 7) is 7.77. The molecule has 0 radical (unpaired) electrons. The third kappa shape index (κ3) is 6.53. The van der Waals surface area contributed by atoms with E-state index in [1.165, 1.54) is 5.56 Å². The number of piperidine rings is 1. The lowest BCUT2D eigenvalue weighted by Crippen LogP contribution is -2.42. The number of benzene rings is 2. The van der Waals surface area contributed by atoms with E-state index in [0.717, 1.165) is 81.5 Å². The number of rotatable bonds is 7. The number of halogens is 1. The highest BCUT2D eigenvalue weighted by molar-refractivity contribution is 6.31. The Hall–Kier alpha value is -1.92. The molecule has 0 unspecified atom stereocenters. The first kappa shape index (κ1) is 22.3. The van der Waals surface area contributed by atoms with E-state index < -0.39 is 0 Å². The van der Waals surface area contributed by atoms with Crippen LogP contribution in [0.2, 0.25) is 5.02 Å². The lowest BCUT2D eigenvalue weighted by atomic mass is 9.96. The van der Waals surface area contributed by atoms with E-state index in [-0.39, 0.29) is 11.8 Å². The molecule has 2 heterocycles. The van der Waals surface area contributed by atoms with Gasteiger partial charge in [-0.2, -0.15) is 0 Å². The molecule has 1 amide bonds. The van der Waals surface area contributed by atoms with Gasteiger partial charge in [0.15, 0.2) is 0 Å². The van der Waals surface area contributed by atoms with Gasteiger partial charge in [0, 0.05) is 44.3 Å². The predicted octanol–water partition coefficient (Wildman–Crippen LogP) is 3.70. The lowest BCUT2D eigenvalue weighted by molar-refractivity contribution is -0.126. The van der Waals surface area contributed by atoms with E-state index in [9.17, 15) is 4.79 Å². The summed E-state index contributed by atoms with van der Waals surface area (Å²) >= 11 is 6.31. The van der Waals surface area contributed by atoms with Crippen LogP contribution in [0, 0.1) is 5.92 Å². The molecule has 2 aromatic rings. The Balaban J connectivity index is 1.24. The van der Waals surface area contributed by atoms with Gasteiger partial charge in [-0.15, -0.1) is 0 Å². The van der Waals surface area contributed by atoms with Crippen LogP contribution in [0.1, 0.15) is 29.5 Å². The van der Waals surface area contributed by atoms with Crippen LogP contribution in [0.5, 0.6) is 0 Å². The zero-order valence-corrected chi connectivity index (χ0v) is 18.8. The highest BCUT2D eigenvalue weighted by Crippen LogP contribution is 2.22. The molecule has 6 heteroatoms. The molecule has 0 aliphatic carbocycles. The average molecular weight is 442 g/mol. The first-order valence-corrected chi connectivity index (χ1v) is 11.7. The molecule has 1 atom stereocenters. The Morgan fingerprint density at radius 1 is 0.968 bits per heavy atom. The molecule has 2 fully saturated rings. The maximum Gasteiger partial charge on any atom is 0.224 e. The molecule has 4 rings (SSSR count). The highest BCUT2D eigenvalue weighted by Gasteiger charge is 2.26. The number of carbonyl (C=O) groups is 1. The van der Waals surface area contributed by atoms with Crippen molar-refractivity contribution in [3.05, 3.63) is 70.2 Å². The molecule has 0 bridgehead atoms. The summed E-state index contributed by atoms with van der Waals surface area (Å²) in [5, 5.41) is 3.94. The van der Waals surface area contributed by atoms with Crippen molar-refractivity contribution in [1.82, 2.24) is 15.1 Å². The zero-order valence-electron chi connectivity index (χ0n) is 18.1. The molecule has 2 aliphatic rings. The van der Waals surface area contributed by atoms with Crippen LogP contribution in [0.4, 0.5) is 0 Å². The number of ether oxygens (including phenoxy) is 1. The fraction of sp³-hybridized carbons (Fsp3) is 0.480. The SMILES string of the molecule is O=C(NCc1ccc(CN2CCOCC2)cc1)[C@@H]1CCCN(Cc2ccccc2Cl)C1. The molecule has 5 nitrogen and oxygen atoms in total. The Morgan fingerprint density at radius 2 is 1.71 bits per heavy atom. The number of carbonyl (C=O) groups excluding carboxylic acids is 1. The Morgan fingerprint density at radius 3 is 2.48 bits per heavy atom. The molecular weight excluding hydrogens is 410 g/mol. The predicted molar refractivity (Wildman–Crippen MR) is 124 cm³/mol. The summed E-state index contributed by atoms with van der Waals surface area (Å²) in [7, 11) is 0. The van der Waals surface area contributed by atoms with Gasteiger partial charge in [-0.25, -0.2) is 0 Å². The molecule has 2 aromatic carbocycles. The van der Waals surface area contributed by atoms with Crippen LogP contribution in [0.25, 0.3) is 0 Å². The number of nitrogens with zero attached hydrogens (tertiary/aromatic N) is 2. The number of hydrogen-bond acceptors (Lipinski definition) is 4. The number of likely N-dealkylation sites (tertiary alicyclic amines) is 1. The van der Waals surface area contributed by atoms with Crippen LogP contribution < -0.4 is 5.32 Å². The van der Waals surface area contributed by atoms with Crippen molar-refractivity contribution in [2.45, 2.75) is 32.5 Å². The normalized spacial score (nSPS) is 20.5. The first-order chi connectivity index (χ1) is 15.2. The van der Waals surface area contributed by atoms with Crippen molar-refractivity contribution in [2.75, 3.05) is 39.4 Å². The van der Waals surface area contributed by atoms with E-state index in [4.69, 9.17) is 16.3 Å². The van der Waals surface area contributed by atoms with E-state index in [2.05, 4.69) is 45.4 Å². The van der Waals surface area contributed by atoms with Gasteiger partial charge in [-0.05, 0) is 42.1 Å². The van der Waals surface area contributed by atoms with Crippen molar-refractivity contribution < 1.29 is 9.53 Å². The van der Waals surface area contributed by atoms with Gasteiger partial charge >= 0.3 is 0 Å². The van der Waals surface area contributed by atoms with Crippen molar-refractivity contribution in [3.63, 3.8) is 0 Å². The van der Waals surface area contributed by atoms with Gasteiger partial charge in [0.1, 0.15) is 0 Å². The number of nitrogens with one attached hydrogen (secondary N) is 1. The van der Waals surface area contributed by atoms with Crippen LogP contribution in [-0.2, 0) is 29.2 Å². The van der Waals surface area contributed by atoms with E-state index in [1.807, 2.05) is 18.2 Å². The Kier molecular flexibility index (Phi) is 7.97. The topological polar surface area (TPSA) is 44.8 Å². The van der Waals surface area contributed by atoms with Gasteiger partial charge in [0.2, 0.25) is 5.91 Å². The van der Waals surface area contributed by atoms with Crippen LogP contribution in [0.3, 0.4) is 0 Å². The van der Waals surface area contributed by atoms with Crippen molar-refractivity contribution in [3.8, 4) is 0 Å². The first-order valence-electron chi connectivity index (χ1n) is 11.3. The van der Waals surface area contributed by atoms with Gasteiger partial charge in [-0.3, -0.25) is 14.6 Å². The van der Waals surface area contributed by atoms with Crippen molar-refractivity contribution >= 4 is 17.5 Å². The molecule has 2 aliphatic heterocycles. The third-order valence-electron chi connectivity index (χ3n) is 6.23. The maximum absolute atomic E-state index is 12.8. The van der Waals surface area contributed by atoms with Crippen molar-refractivity contribution in [2.24, 2.45) is 5.92 Å². The molecule has 166 valence electrons. The second-order valence-corrected chi connectivity index (χ2v) is 9.00. The van der Waals surface area contributed by atoms with Gasteiger partial charge in [-0.1, -0.05) is 54.1 Å². The van der Waals surface area contributed by atoms with Gasteiger partial charge in [0.25, 0.3) is 0 Å². The molecular formula is C25H32ClN3O2. The quantitative estimate of drug-likeness (QED) is 0.711. The summed E-state index contributed by atoms with van der Waals surface area (Å²) in [5.74, 6) is 0.193. The molecule has 31 heavy (non-hydrogen) atoms. The third-order valence-corrected chi connectivity index (χ3v) is 6.60. The minimum atomic E-state index is 0.0387. The lowest BCUT2D eigenvalue weighted by Gasteiger charge is -2.32. The van der Waals surface area contributed by atoms with Crippen LogP contribution in [-0.4, -0.2) is 55.1 Å². The van der Waals surface area contributed by atoms with Gasteiger partial charge in [0.05, 0.1) is 19.1 Å². The Labute approximate surface area is 190 Å². The standard InChI is InChI=1S/C25H32ClN3O2/c26-24-6-2-1-4-22(24)18-29-11-3-5-23(19-29)25(30)27-16-20-7-9-21(10-8-20)17-28-12-14-31-15-13-28/h1-2,4,6-10,23H,3,5,11-19H2,(H,27,30)/t23-/m1/s1. The van der Waals surface area contributed by atoms with E-state index in [1.54, 1.807) is 0 Å². The summed E-state index contributed by atoms with van der Waals surface area (Å²) in [6, 6.07) is 16.5. The minimum absolute atomic E-state index is 0.0387. The van der Waals surface area contributed by atoms with Crippen molar-refractivity contribution in [1.29, 1.82) is 0 Å². The zero-order chi connectivity index (χ0) is 21.5. The molecule has 0 aromatic heterocycles. The number of hydrogen-bond donors (Lipinski definition) is 1. The summed E-state index contributed by atoms with van der Waals surface area (Å²) < 4.78 is 5.41. The summed E-state index contributed by atoms with van der Waals surface area (Å²) in [4.78, 5) is 17.5. The second-order valence-electron chi connectivity index (χ2n) is 8.59. The summed E-state index contributed by atoms with van der Waals surface area (Å²) in [6.07, 6.45) is 1.99. The molecule has 0 saturated carbocycles. The van der Waals surface area contributed by atoms with E-state index in [0.29, 0.717) is 6.54 Å². The highest BCUT2D eigenvalue weighted by atomic mass is 35.5. The average Bonchev–Trinajstić information content (AvgIpc) is 2.81. The van der Waals surface area contributed by atoms with E-state index >= 15 is 0 Å². The van der Waals surface area contributed by atoms with Crippen LogP contribution in [0.15, 0.2) is 48.5 Å². The fourth-order valence-corrected chi connectivity index (χ4v) is 4.59. The van der Waals surface area contributed by atoms with Gasteiger partial charge < -0.3 is 10.1 Å². The number of morpholine rings is 1. The second kappa shape index (κ2) is 11.1. The smallest absolute Gasteiger partial charge is 0.224 e.